The Morgan fingerprint density at radius 3 is 2.38 bits per heavy atom. The Labute approximate surface area is 367 Å². The van der Waals surface area contributed by atoms with Gasteiger partial charge in [0.25, 0.3) is 0 Å². The van der Waals surface area contributed by atoms with E-state index >= 15 is 0 Å². The molecule has 3 N–H and O–H groups in total. The van der Waals surface area contributed by atoms with Gasteiger partial charge in [-0.3, -0.25) is 19.2 Å². The zero-order valence-electron chi connectivity index (χ0n) is 35.2. The van der Waals surface area contributed by atoms with Crippen LogP contribution in [0, 0.1) is 11.8 Å². The van der Waals surface area contributed by atoms with E-state index in [1.165, 1.54) is 4.90 Å². The number of nitrogens with zero attached hydrogens (tertiary/aromatic N) is 5. The summed E-state index contributed by atoms with van der Waals surface area (Å²) in [7, 11) is 5.98. The summed E-state index contributed by atoms with van der Waals surface area (Å²) in [5.41, 5.74) is 2.52. The molecule has 13 nitrogen and oxygen atoms in total. The van der Waals surface area contributed by atoms with Gasteiger partial charge in [-0.05, 0) is 107 Å². The number of aromatic nitrogens is 2. The van der Waals surface area contributed by atoms with Crippen molar-refractivity contribution in [2.75, 3.05) is 33.8 Å². The van der Waals surface area contributed by atoms with Crippen molar-refractivity contribution in [1.82, 2.24) is 34.9 Å². The number of carbonyl (C=O) groups is 4. The van der Waals surface area contributed by atoms with Crippen LogP contribution >= 0.6 is 23.2 Å². The number of benzene rings is 3. The lowest BCUT2D eigenvalue weighted by Crippen LogP contribution is -2.65. The van der Waals surface area contributed by atoms with Crippen molar-refractivity contribution in [2.45, 2.75) is 82.6 Å². The molecule has 3 aliphatic rings. The van der Waals surface area contributed by atoms with Crippen LogP contribution in [0.25, 0.3) is 11.3 Å². The molecule has 3 heterocycles. The third-order valence-electron chi connectivity index (χ3n) is 12.1. The minimum atomic E-state index is -1.31. The highest BCUT2D eigenvalue weighted by Gasteiger charge is 2.44. The van der Waals surface area contributed by atoms with E-state index in [4.69, 9.17) is 27.9 Å². The molecule has 0 unspecified atom stereocenters. The molecule has 15 heteroatoms. The van der Waals surface area contributed by atoms with Crippen LogP contribution in [0.3, 0.4) is 0 Å². The van der Waals surface area contributed by atoms with Crippen LogP contribution in [0.1, 0.15) is 62.4 Å². The second-order valence-corrected chi connectivity index (χ2v) is 18.1. The number of halogens is 2. The molecular formula is C46H55Cl2N7O6. The molecule has 2 aliphatic heterocycles. The molecule has 1 saturated carbocycles. The van der Waals surface area contributed by atoms with Gasteiger partial charge in [0.2, 0.25) is 23.6 Å². The Morgan fingerprint density at radius 1 is 0.967 bits per heavy atom. The number of ether oxygens (including phenoxy) is 1. The normalized spacial score (nSPS) is 22.9. The lowest BCUT2D eigenvalue weighted by atomic mass is 9.81. The highest BCUT2D eigenvalue weighted by atomic mass is 35.5. The van der Waals surface area contributed by atoms with E-state index in [9.17, 15) is 24.3 Å². The van der Waals surface area contributed by atoms with Gasteiger partial charge in [-0.25, -0.2) is 4.98 Å². The lowest BCUT2D eigenvalue weighted by molar-refractivity contribution is -0.148. The van der Waals surface area contributed by atoms with Gasteiger partial charge < -0.3 is 39.7 Å². The van der Waals surface area contributed by atoms with E-state index in [1.54, 1.807) is 42.2 Å². The van der Waals surface area contributed by atoms with E-state index in [0.29, 0.717) is 71.8 Å². The van der Waals surface area contributed by atoms with Crippen molar-refractivity contribution in [3.8, 4) is 22.8 Å². The maximum Gasteiger partial charge on any atom is 0.245 e. The van der Waals surface area contributed by atoms with Gasteiger partial charge in [0.1, 0.15) is 29.4 Å². The van der Waals surface area contributed by atoms with Crippen LogP contribution in [-0.4, -0.2) is 104 Å². The van der Waals surface area contributed by atoms with Gasteiger partial charge in [-0.1, -0.05) is 54.2 Å². The van der Waals surface area contributed by atoms with Crippen molar-refractivity contribution in [3.63, 3.8) is 0 Å². The molecule has 3 fully saturated rings. The Bertz CT molecular complexity index is 2230. The smallest absolute Gasteiger partial charge is 0.245 e. The second-order valence-electron chi connectivity index (χ2n) is 17.2. The number of hydrogen-bond donors (Lipinski definition) is 3. The monoisotopic (exact) mass is 871 g/mol. The van der Waals surface area contributed by atoms with Crippen LogP contribution in [-0.2, 0) is 45.7 Å². The van der Waals surface area contributed by atoms with Crippen LogP contribution in [0.15, 0.2) is 72.9 Å². The predicted octanol–water partition coefficient (Wildman–Crippen LogP) is 5.98. The van der Waals surface area contributed by atoms with E-state index < -0.39 is 42.0 Å². The van der Waals surface area contributed by atoms with Crippen LogP contribution in [0.5, 0.6) is 11.5 Å². The fourth-order valence-electron chi connectivity index (χ4n) is 8.54. The van der Waals surface area contributed by atoms with Gasteiger partial charge >= 0.3 is 0 Å². The molecule has 0 spiro atoms. The largest absolute Gasteiger partial charge is 0.457 e. The van der Waals surface area contributed by atoms with Gasteiger partial charge in [0.05, 0.1) is 37.1 Å². The number of aliphatic hydroxyl groups is 1. The molecule has 4 amide bonds. The number of carbonyl (C=O) groups excluding carboxylic acids is 4. The van der Waals surface area contributed by atoms with Crippen LogP contribution in [0.2, 0.25) is 10.0 Å². The third-order valence-corrected chi connectivity index (χ3v) is 12.6. The summed E-state index contributed by atoms with van der Waals surface area (Å²) in [6.45, 7) is 2.26. The van der Waals surface area contributed by atoms with E-state index in [0.717, 1.165) is 35.5 Å². The molecule has 4 atom stereocenters. The molecule has 4 aromatic rings. The Balaban J connectivity index is 1.17. The first kappa shape index (κ1) is 44.1. The molecule has 2 saturated heterocycles. The summed E-state index contributed by atoms with van der Waals surface area (Å²) in [4.78, 5) is 67.3. The van der Waals surface area contributed by atoms with E-state index in [1.807, 2.05) is 63.7 Å². The zero-order valence-corrected chi connectivity index (χ0v) is 36.7. The Hall–Kier alpha value is -4.95. The standard InChI is InChI=1S/C46H55Cl2N7O6/c1-29-43(58)50-38(27-56)44(59)51-46(23-31-8-13-35(47)14-9-31)18-5-19-54(28-46)45(60)34(20-30-6-7-30)21-42(57)55(29)25-33-10-15-36(48)22-40(33)61-37-16-11-32(12-17-37)39-24-49-41(53(39)4)26-52(2)3/h8-17,22,24,29-30,34,38,56H,5-7,18-21,23,25-28H2,1-4H3,(H,50,58)(H,51,59)/t29-,34+,38-,46+/m0/s1. The Morgan fingerprint density at radius 2 is 1.69 bits per heavy atom. The molecule has 61 heavy (non-hydrogen) atoms. The van der Waals surface area contributed by atoms with Crippen molar-refractivity contribution in [3.05, 3.63) is 99.9 Å². The van der Waals surface area contributed by atoms with Crippen molar-refractivity contribution in [2.24, 2.45) is 18.9 Å². The zero-order chi connectivity index (χ0) is 43.4. The number of fused-ring (bicyclic) bond motifs is 2. The number of imidazole rings is 1. The minimum absolute atomic E-state index is 0.0596. The molecule has 1 aromatic heterocycles. The summed E-state index contributed by atoms with van der Waals surface area (Å²) in [5.74, 6) is -0.157. The number of hydrogen-bond acceptors (Lipinski definition) is 8. The fraction of sp³-hybridized carbons (Fsp3) is 0.457. The molecule has 324 valence electrons. The average Bonchev–Trinajstić information content (AvgIpc) is 3.99. The summed E-state index contributed by atoms with van der Waals surface area (Å²) < 4.78 is 8.48. The summed E-state index contributed by atoms with van der Waals surface area (Å²) in [5, 5.41) is 17.4. The first-order valence-electron chi connectivity index (χ1n) is 21.0. The average molecular weight is 873 g/mol. The summed E-state index contributed by atoms with van der Waals surface area (Å²) >= 11 is 12.7. The van der Waals surface area contributed by atoms with Crippen molar-refractivity contribution >= 4 is 46.8 Å². The Kier molecular flexibility index (Phi) is 13.7. The first-order chi connectivity index (χ1) is 29.2. The molecule has 0 radical (unpaired) electrons. The highest BCUT2D eigenvalue weighted by molar-refractivity contribution is 6.31. The SMILES string of the molecule is C[C@H]1C(=O)N[C@@H](CO)C(=O)N[C@@]2(Cc3ccc(Cl)cc3)CCCN(C2)C(=O)[C@H](CC2CC2)CC(=O)N1Cc1ccc(Cl)cc1Oc1ccc(-c2cnc(CN(C)C)n2C)cc1. The van der Waals surface area contributed by atoms with Crippen LogP contribution in [0.4, 0.5) is 0 Å². The summed E-state index contributed by atoms with van der Waals surface area (Å²) in [6.07, 6.45) is 5.88. The third kappa shape index (κ3) is 10.7. The molecule has 2 bridgehead atoms. The quantitative estimate of drug-likeness (QED) is 0.158. The van der Waals surface area contributed by atoms with Crippen molar-refractivity contribution in [1.29, 1.82) is 0 Å². The summed E-state index contributed by atoms with van der Waals surface area (Å²) in [6, 6.07) is 17.6. The van der Waals surface area contributed by atoms with Gasteiger partial charge in [0.15, 0.2) is 0 Å². The number of nitrogens with one attached hydrogen (secondary N) is 2. The highest BCUT2D eigenvalue weighted by Crippen LogP contribution is 2.39. The molecule has 3 aromatic carbocycles. The minimum Gasteiger partial charge on any atom is -0.457 e. The molecule has 1 aliphatic carbocycles. The van der Waals surface area contributed by atoms with Gasteiger partial charge in [-0.2, -0.15) is 0 Å². The number of rotatable bonds is 12. The van der Waals surface area contributed by atoms with Crippen molar-refractivity contribution < 1.29 is 29.0 Å². The lowest BCUT2D eigenvalue weighted by Gasteiger charge is -2.45. The topological polar surface area (TPSA) is 149 Å². The maximum absolute atomic E-state index is 14.7. The van der Waals surface area contributed by atoms with E-state index in [-0.39, 0.29) is 31.3 Å². The van der Waals surface area contributed by atoms with Crippen LogP contribution < -0.4 is 15.4 Å². The maximum atomic E-state index is 14.7. The first-order valence-corrected chi connectivity index (χ1v) is 21.7. The number of amides is 4. The molecule has 7 rings (SSSR count). The molecular weight excluding hydrogens is 817 g/mol. The number of piperidine rings is 1. The predicted molar refractivity (Wildman–Crippen MR) is 234 cm³/mol. The van der Waals surface area contributed by atoms with Gasteiger partial charge in [-0.15, -0.1) is 0 Å². The second kappa shape index (κ2) is 19.0. The fourth-order valence-corrected chi connectivity index (χ4v) is 8.83. The van der Waals surface area contributed by atoms with E-state index in [2.05, 4.69) is 25.1 Å². The number of aliphatic hydroxyl groups excluding tert-OH is 1. The van der Waals surface area contributed by atoms with Gasteiger partial charge in [0, 0.05) is 53.6 Å².